The third kappa shape index (κ3) is 3.97. The molecule has 19 heavy (non-hydrogen) atoms. The summed E-state index contributed by atoms with van der Waals surface area (Å²) in [5.41, 5.74) is 7.92. The monoisotopic (exact) mass is 285 g/mol. The Balaban J connectivity index is 3.12. The lowest BCUT2D eigenvalue weighted by Crippen LogP contribution is -2.10. The highest BCUT2D eigenvalue weighted by Crippen LogP contribution is 2.17. The molecule has 0 amide bonds. The summed E-state index contributed by atoms with van der Waals surface area (Å²) in [5, 5.41) is 3.08. The van der Waals surface area contributed by atoms with E-state index in [1.54, 1.807) is 6.92 Å². The van der Waals surface area contributed by atoms with Gasteiger partial charge in [-0.25, -0.2) is 8.78 Å². The Hall–Kier alpha value is -2.05. The van der Waals surface area contributed by atoms with Crippen LogP contribution in [0.3, 0.4) is 0 Å². The summed E-state index contributed by atoms with van der Waals surface area (Å²) in [6.45, 7) is 1.77. The smallest absolute Gasteiger partial charge is 0.310 e. The van der Waals surface area contributed by atoms with Crippen LogP contribution >= 0.6 is 12.2 Å². The molecular formula is C11H9F2N3O2S. The molecule has 0 aliphatic carbocycles. The number of esters is 1. The van der Waals surface area contributed by atoms with E-state index in [4.69, 9.17) is 5.53 Å². The number of nitrogens with zero attached hydrogens (tertiary/aromatic N) is 3. The van der Waals surface area contributed by atoms with Gasteiger partial charge in [0.25, 0.3) is 0 Å². The van der Waals surface area contributed by atoms with Gasteiger partial charge in [0.05, 0.1) is 13.0 Å². The minimum absolute atomic E-state index is 0.0784. The van der Waals surface area contributed by atoms with Crippen molar-refractivity contribution in [2.45, 2.75) is 13.3 Å². The summed E-state index contributed by atoms with van der Waals surface area (Å²) in [6, 6.07) is 1.63. The fraction of sp³-hybridized carbons (Fsp3) is 0.273. The molecule has 1 rings (SSSR count). The van der Waals surface area contributed by atoms with Crippen LogP contribution in [0.15, 0.2) is 17.2 Å². The molecule has 0 fully saturated rings. The van der Waals surface area contributed by atoms with Crippen molar-refractivity contribution in [1.29, 1.82) is 0 Å². The van der Waals surface area contributed by atoms with Crippen LogP contribution in [0.4, 0.5) is 8.78 Å². The van der Waals surface area contributed by atoms with Crippen LogP contribution in [0, 0.1) is 11.6 Å². The summed E-state index contributed by atoms with van der Waals surface area (Å²) in [6.07, 6.45) is -0.355. The lowest BCUT2D eigenvalue weighted by molar-refractivity contribution is -0.142. The third-order valence-corrected chi connectivity index (χ3v) is 2.44. The molecule has 100 valence electrons. The van der Waals surface area contributed by atoms with E-state index in [1.807, 2.05) is 0 Å². The average molecular weight is 285 g/mol. The standard InChI is InChI=1S/C11H9F2N3O2S/c1-2-18-10(17)4-6-3-7(11(19)15-16-14)9(13)5-8(6)12/h3,5H,2,4H2,1H3. The normalized spacial score (nSPS) is 9.63. The van der Waals surface area contributed by atoms with E-state index >= 15 is 0 Å². The van der Waals surface area contributed by atoms with Crippen LogP contribution in [0.5, 0.6) is 0 Å². The van der Waals surface area contributed by atoms with Crippen LogP contribution in [-0.2, 0) is 16.0 Å². The first kappa shape index (κ1) is 15.0. The van der Waals surface area contributed by atoms with Gasteiger partial charge in [-0.05, 0) is 29.2 Å². The van der Waals surface area contributed by atoms with Gasteiger partial charge in [0.15, 0.2) is 0 Å². The van der Waals surface area contributed by atoms with Crippen molar-refractivity contribution in [2.75, 3.05) is 6.61 Å². The lowest BCUT2D eigenvalue weighted by atomic mass is 10.1. The predicted molar refractivity (Wildman–Crippen MR) is 67.5 cm³/mol. The van der Waals surface area contributed by atoms with Crippen LogP contribution in [0.25, 0.3) is 10.4 Å². The molecule has 0 aromatic heterocycles. The van der Waals surface area contributed by atoms with Gasteiger partial charge in [-0.2, -0.15) is 0 Å². The molecule has 8 heteroatoms. The van der Waals surface area contributed by atoms with E-state index in [0.29, 0.717) is 6.07 Å². The number of benzene rings is 1. The van der Waals surface area contributed by atoms with Gasteiger partial charge in [-0.1, -0.05) is 12.2 Å². The molecule has 0 aliphatic rings. The maximum atomic E-state index is 13.5. The highest BCUT2D eigenvalue weighted by Gasteiger charge is 2.15. The van der Waals surface area contributed by atoms with Gasteiger partial charge >= 0.3 is 5.97 Å². The molecule has 0 saturated carbocycles. The first-order valence-electron chi connectivity index (χ1n) is 5.22. The second kappa shape index (κ2) is 6.77. The van der Waals surface area contributed by atoms with Gasteiger partial charge in [-0.15, -0.1) is 0 Å². The molecule has 1 aromatic rings. The zero-order chi connectivity index (χ0) is 14.4. The molecule has 1 aromatic carbocycles. The van der Waals surface area contributed by atoms with Crippen molar-refractivity contribution in [3.05, 3.63) is 45.3 Å². The Kier molecular flexibility index (Phi) is 5.35. The van der Waals surface area contributed by atoms with Gasteiger partial charge in [-0.3, -0.25) is 4.79 Å². The second-order valence-electron chi connectivity index (χ2n) is 3.40. The summed E-state index contributed by atoms with van der Waals surface area (Å²) in [7, 11) is 0. The Bertz CT molecular complexity index is 571. The van der Waals surface area contributed by atoms with Crippen LogP contribution < -0.4 is 0 Å². The highest BCUT2D eigenvalue weighted by molar-refractivity contribution is 7.80. The molecule has 0 atom stereocenters. The zero-order valence-electron chi connectivity index (χ0n) is 9.89. The Labute approximate surface area is 112 Å². The minimum Gasteiger partial charge on any atom is -0.466 e. The van der Waals surface area contributed by atoms with E-state index in [0.717, 1.165) is 6.07 Å². The number of halogens is 2. The van der Waals surface area contributed by atoms with E-state index in [1.165, 1.54) is 0 Å². The third-order valence-electron chi connectivity index (χ3n) is 2.14. The van der Waals surface area contributed by atoms with Crippen molar-refractivity contribution in [2.24, 2.45) is 5.11 Å². The van der Waals surface area contributed by atoms with Crippen molar-refractivity contribution < 1.29 is 18.3 Å². The molecule has 0 N–H and O–H groups in total. The number of azide groups is 1. The fourth-order valence-electron chi connectivity index (χ4n) is 1.36. The molecular weight excluding hydrogens is 276 g/mol. The lowest BCUT2D eigenvalue weighted by Gasteiger charge is -2.07. The minimum atomic E-state index is -0.956. The van der Waals surface area contributed by atoms with Crippen LogP contribution in [0.1, 0.15) is 18.1 Å². The van der Waals surface area contributed by atoms with Gasteiger partial charge < -0.3 is 4.74 Å². The van der Waals surface area contributed by atoms with Gasteiger partial charge in [0.1, 0.15) is 16.6 Å². The van der Waals surface area contributed by atoms with E-state index in [2.05, 4.69) is 27.0 Å². The first-order valence-corrected chi connectivity index (χ1v) is 5.63. The quantitative estimate of drug-likeness (QED) is 0.280. The van der Waals surface area contributed by atoms with Crippen LogP contribution in [-0.4, -0.2) is 17.6 Å². The van der Waals surface area contributed by atoms with Crippen molar-refractivity contribution >= 4 is 23.2 Å². The topological polar surface area (TPSA) is 75.1 Å². The zero-order valence-corrected chi connectivity index (χ0v) is 10.7. The Morgan fingerprint density at radius 3 is 2.74 bits per heavy atom. The SMILES string of the molecule is CCOC(=O)Cc1cc(C(=S)N=[N+]=[N-])c(F)cc1F. The second-order valence-corrected chi connectivity index (χ2v) is 3.79. The predicted octanol–water partition coefficient (Wildman–Crippen LogP) is 3.06. The number of thiocarbonyl (C=S) groups is 1. The Morgan fingerprint density at radius 2 is 2.16 bits per heavy atom. The summed E-state index contributed by atoms with van der Waals surface area (Å²) in [5.74, 6) is -2.49. The molecule has 0 bridgehead atoms. The summed E-state index contributed by atoms with van der Waals surface area (Å²) < 4.78 is 31.6. The molecule has 0 radical (unpaired) electrons. The highest BCUT2D eigenvalue weighted by atomic mass is 32.1. The largest absolute Gasteiger partial charge is 0.466 e. The summed E-state index contributed by atoms with van der Waals surface area (Å²) in [4.78, 5) is 13.3. The number of hydrogen-bond acceptors (Lipinski definition) is 3. The molecule has 0 saturated heterocycles. The van der Waals surface area contributed by atoms with E-state index in [-0.39, 0.29) is 29.1 Å². The number of hydrogen-bond donors (Lipinski definition) is 0. The first-order chi connectivity index (χ1) is 8.99. The van der Waals surface area contributed by atoms with E-state index < -0.39 is 17.6 Å². The number of carbonyl (C=O) groups excluding carboxylic acids is 1. The maximum absolute atomic E-state index is 13.5. The molecule has 0 aliphatic heterocycles. The van der Waals surface area contributed by atoms with Crippen molar-refractivity contribution in [1.82, 2.24) is 0 Å². The van der Waals surface area contributed by atoms with Crippen LogP contribution in [0.2, 0.25) is 0 Å². The van der Waals surface area contributed by atoms with Gasteiger partial charge in [0.2, 0.25) is 0 Å². The molecule has 0 spiro atoms. The average Bonchev–Trinajstić information content (AvgIpc) is 2.33. The molecule has 0 unspecified atom stereocenters. The van der Waals surface area contributed by atoms with E-state index in [9.17, 15) is 13.6 Å². The van der Waals surface area contributed by atoms with Gasteiger partial charge in [0, 0.05) is 16.5 Å². The number of carbonyl (C=O) groups is 1. The molecule has 0 heterocycles. The fourth-order valence-corrected chi connectivity index (χ4v) is 1.55. The number of rotatable bonds is 4. The number of ether oxygens (including phenoxy) is 1. The molecule has 5 nitrogen and oxygen atoms in total. The summed E-state index contributed by atoms with van der Waals surface area (Å²) >= 11 is 4.68. The van der Waals surface area contributed by atoms with Crippen molar-refractivity contribution in [3.8, 4) is 0 Å². The van der Waals surface area contributed by atoms with Crippen molar-refractivity contribution in [3.63, 3.8) is 0 Å². The Morgan fingerprint density at radius 1 is 1.47 bits per heavy atom. The maximum Gasteiger partial charge on any atom is 0.310 e.